The summed E-state index contributed by atoms with van der Waals surface area (Å²) in [5.74, 6) is 0.0813. The summed E-state index contributed by atoms with van der Waals surface area (Å²) in [5, 5.41) is 12.1. The van der Waals surface area contributed by atoms with Gasteiger partial charge in [0.05, 0.1) is 5.71 Å². The van der Waals surface area contributed by atoms with Crippen molar-refractivity contribution in [3.05, 3.63) is 24.3 Å². The molecule has 1 N–H and O–H groups in total. The van der Waals surface area contributed by atoms with Crippen LogP contribution < -0.4 is 0 Å². The molecule has 1 atom stereocenters. The summed E-state index contributed by atoms with van der Waals surface area (Å²) < 4.78 is 0. The lowest BCUT2D eigenvalue weighted by molar-refractivity contribution is -0.117. The second-order valence-corrected chi connectivity index (χ2v) is 5.18. The molecular weight excluding hydrogens is 214 g/mol. The fourth-order valence-corrected chi connectivity index (χ4v) is 1.26. The molecule has 0 aromatic rings. The first-order chi connectivity index (χ1) is 7.82. The van der Waals surface area contributed by atoms with Crippen LogP contribution >= 0.6 is 0 Å². The van der Waals surface area contributed by atoms with Crippen LogP contribution in [-0.4, -0.2) is 16.7 Å². The van der Waals surface area contributed by atoms with Gasteiger partial charge in [-0.25, -0.2) is 0 Å². The molecule has 0 saturated heterocycles. The quantitative estimate of drug-likeness (QED) is 0.344. The van der Waals surface area contributed by atoms with Gasteiger partial charge in [-0.15, -0.1) is 0 Å². The van der Waals surface area contributed by atoms with Gasteiger partial charge in [0, 0.05) is 11.3 Å². The molecule has 0 amide bonds. The van der Waals surface area contributed by atoms with Gasteiger partial charge in [-0.3, -0.25) is 4.79 Å². The summed E-state index contributed by atoms with van der Waals surface area (Å²) in [6, 6.07) is 0. The minimum atomic E-state index is -0.193. The highest BCUT2D eigenvalue weighted by Crippen LogP contribution is 2.17. The molecule has 1 unspecified atom stereocenters. The molecule has 0 aromatic heterocycles. The fourth-order valence-electron chi connectivity index (χ4n) is 1.26. The van der Waals surface area contributed by atoms with E-state index in [4.69, 9.17) is 5.21 Å². The topological polar surface area (TPSA) is 49.7 Å². The Bertz CT molecular complexity index is 333. The summed E-state index contributed by atoms with van der Waals surface area (Å²) in [7, 11) is 0. The van der Waals surface area contributed by atoms with E-state index in [-0.39, 0.29) is 17.1 Å². The number of nitrogens with zero attached hydrogens (tertiary/aromatic N) is 1. The summed E-state index contributed by atoms with van der Waals surface area (Å²) in [5.41, 5.74) is 0.421. The molecule has 0 fully saturated rings. The maximum Gasteiger partial charge on any atom is 0.158 e. The van der Waals surface area contributed by atoms with Crippen molar-refractivity contribution in [2.45, 2.75) is 41.0 Å². The van der Waals surface area contributed by atoms with Gasteiger partial charge in [0.15, 0.2) is 5.78 Å². The van der Waals surface area contributed by atoms with Crippen molar-refractivity contribution in [3.63, 3.8) is 0 Å². The van der Waals surface area contributed by atoms with Crippen molar-refractivity contribution in [1.82, 2.24) is 0 Å². The Morgan fingerprint density at radius 3 is 2.35 bits per heavy atom. The molecule has 0 aliphatic heterocycles. The van der Waals surface area contributed by atoms with Crippen molar-refractivity contribution in [3.8, 4) is 0 Å². The van der Waals surface area contributed by atoms with Gasteiger partial charge < -0.3 is 5.21 Å². The average molecular weight is 237 g/mol. The van der Waals surface area contributed by atoms with E-state index in [9.17, 15) is 4.79 Å². The van der Waals surface area contributed by atoms with Crippen LogP contribution in [0, 0.1) is 11.3 Å². The lowest BCUT2D eigenvalue weighted by Gasteiger charge is -2.16. The van der Waals surface area contributed by atoms with E-state index in [0.29, 0.717) is 12.1 Å². The number of rotatable bonds is 5. The van der Waals surface area contributed by atoms with Gasteiger partial charge in [0.25, 0.3) is 0 Å². The van der Waals surface area contributed by atoms with E-state index in [0.717, 1.165) is 0 Å². The number of carbonyl (C=O) groups is 1. The van der Waals surface area contributed by atoms with Crippen molar-refractivity contribution in [1.29, 1.82) is 0 Å². The second kappa shape index (κ2) is 7.05. The highest BCUT2D eigenvalue weighted by molar-refractivity contribution is 5.98. The largest absolute Gasteiger partial charge is 0.411 e. The van der Waals surface area contributed by atoms with Gasteiger partial charge in [0.2, 0.25) is 0 Å². The molecule has 3 nitrogen and oxygen atoms in total. The van der Waals surface area contributed by atoms with Crippen molar-refractivity contribution in [2.75, 3.05) is 0 Å². The molecule has 0 bridgehead atoms. The fraction of sp³-hybridized carbons (Fsp3) is 0.571. The van der Waals surface area contributed by atoms with E-state index in [1.54, 1.807) is 18.2 Å². The molecule has 0 spiro atoms. The Hall–Kier alpha value is -1.38. The van der Waals surface area contributed by atoms with Gasteiger partial charge in [-0.2, -0.15) is 0 Å². The number of carbonyl (C=O) groups excluding carboxylic acids is 1. The lowest BCUT2D eigenvalue weighted by atomic mass is 9.89. The molecule has 0 aromatic carbocycles. The van der Waals surface area contributed by atoms with E-state index in [2.05, 4.69) is 5.16 Å². The Labute approximate surface area is 104 Å². The predicted molar refractivity (Wildman–Crippen MR) is 71.4 cm³/mol. The number of hydrogen-bond donors (Lipinski definition) is 1. The van der Waals surface area contributed by atoms with Gasteiger partial charge in [-0.05, 0) is 25.5 Å². The number of allylic oxidation sites excluding steroid dienone is 4. The third-order valence-electron chi connectivity index (χ3n) is 2.46. The van der Waals surface area contributed by atoms with Crippen molar-refractivity contribution in [2.24, 2.45) is 16.5 Å². The minimum absolute atomic E-state index is 0.0395. The van der Waals surface area contributed by atoms with Gasteiger partial charge in [-0.1, -0.05) is 45.0 Å². The monoisotopic (exact) mass is 237 g/mol. The molecule has 0 radical (unpaired) electrons. The van der Waals surface area contributed by atoms with Crippen LogP contribution in [-0.2, 0) is 4.79 Å². The third-order valence-corrected chi connectivity index (χ3v) is 2.46. The Morgan fingerprint density at radius 2 is 1.94 bits per heavy atom. The van der Waals surface area contributed by atoms with Crippen LogP contribution in [0.4, 0.5) is 0 Å². The summed E-state index contributed by atoms with van der Waals surface area (Å²) in [6.07, 6.45) is 7.64. The summed E-state index contributed by atoms with van der Waals surface area (Å²) in [6.45, 7) is 9.64. The van der Waals surface area contributed by atoms with Crippen LogP contribution in [0.3, 0.4) is 0 Å². The highest BCUT2D eigenvalue weighted by atomic mass is 16.4. The average Bonchev–Trinajstić information content (AvgIpc) is 2.22. The predicted octanol–water partition coefficient (Wildman–Crippen LogP) is 3.59. The van der Waals surface area contributed by atoms with Gasteiger partial charge >= 0.3 is 0 Å². The van der Waals surface area contributed by atoms with Crippen LogP contribution in [0.1, 0.15) is 41.0 Å². The molecule has 0 heterocycles. The van der Waals surface area contributed by atoms with Crippen LogP contribution in [0.25, 0.3) is 0 Å². The number of ketones is 1. The first kappa shape index (κ1) is 15.6. The second-order valence-electron chi connectivity index (χ2n) is 5.18. The third kappa shape index (κ3) is 6.05. The zero-order chi connectivity index (χ0) is 13.5. The SMILES string of the molecule is C/C=C/C(=O)C(C)C/C=C/C(=N\O)C(C)(C)C. The van der Waals surface area contributed by atoms with E-state index in [1.165, 1.54) is 0 Å². The number of hydrogen-bond acceptors (Lipinski definition) is 3. The van der Waals surface area contributed by atoms with Crippen LogP contribution in [0.15, 0.2) is 29.5 Å². The van der Waals surface area contributed by atoms with Crippen LogP contribution in [0.5, 0.6) is 0 Å². The zero-order valence-corrected chi connectivity index (χ0v) is 11.4. The normalized spacial score (nSPS) is 15.7. The molecular formula is C14H23NO2. The Balaban J connectivity index is 4.42. The first-order valence-electron chi connectivity index (χ1n) is 5.88. The van der Waals surface area contributed by atoms with Crippen molar-refractivity contribution >= 4 is 11.5 Å². The molecule has 0 rings (SSSR count). The molecule has 0 aliphatic carbocycles. The molecule has 17 heavy (non-hydrogen) atoms. The summed E-state index contributed by atoms with van der Waals surface area (Å²) in [4.78, 5) is 11.5. The summed E-state index contributed by atoms with van der Waals surface area (Å²) >= 11 is 0. The van der Waals surface area contributed by atoms with E-state index >= 15 is 0 Å². The Kier molecular flexibility index (Phi) is 6.47. The molecule has 0 aliphatic rings. The standard InChI is InChI=1S/C14H23NO2/c1-6-8-12(16)11(2)9-7-10-13(15-17)14(3,4)5/h6-8,10-11,17H,9H2,1-5H3/b8-6+,10-7+,15-13+. The minimum Gasteiger partial charge on any atom is -0.411 e. The lowest BCUT2D eigenvalue weighted by Crippen LogP contribution is -2.18. The van der Waals surface area contributed by atoms with Crippen molar-refractivity contribution < 1.29 is 10.0 Å². The molecule has 0 saturated carbocycles. The van der Waals surface area contributed by atoms with Gasteiger partial charge in [0.1, 0.15) is 0 Å². The smallest absolute Gasteiger partial charge is 0.158 e. The molecule has 96 valence electrons. The zero-order valence-electron chi connectivity index (χ0n) is 11.4. The molecule has 3 heteroatoms. The number of oxime groups is 1. The maximum absolute atomic E-state index is 11.5. The van der Waals surface area contributed by atoms with E-state index in [1.807, 2.05) is 40.7 Å². The maximum atomic E-state index is 11.5. The highest BCUT2D eigenvalue weighted by Gasteiger charge is 2.17. The Morgan fingerprint density at radius 1 is 1.35 bits per heavy atom. The van der Waals surface area contributed by atoms with Crippen LogP contribution in [0.2, 0.25) is 0 Å². The first-order valence-corrected chi connectivity index (χ1v) is 5.88. The van der Waals surface area contributed by atoms with E-state index < -0.39 is 0 Å².